The molecular weight excluding hydrogens is 447 g/mol. The smallest absolute Gasteiger partial charge is 0.247 e. The first-order valence-corrected chi connectivity index (χ1v) is 12.6. The Bertz CT molecular complexity index is 1140. The summed E-state index contributed by atoms with van der Waals surface area (Å²) in [5.74, 6) is -0.564. The number of halogens is 1. The Balaban J connectivity index is 1.55. The third-order valence-corrected chi connectivity index (χ3v) is 7.11. The fraction of sp³-hybridized carbons (Fsp3) is 0.286. The molecule has 4 nitrogen and oxygen atoms in total. The van der Waals surface area contributed by atoms with Gasteiger partial charge in [-0.1, -0.05) is 55.8 Å². The van der Waals surface area contributed by atoms with Crippen LogP contribution in [0.4, 0.5) is 4.39 Å². The third kappa shape index (κ3) is 5.62. The number of hydrogen-bond donors (Lipinski definition) is 0. The van der Waals surface area contributed by atoms with Gasteiger partial charge >= 0.3 is 0 Å². The predicted octanol–water partition coefficient (Wildman–Crippen LogP) is 5.70. The minimum Gasteiger partial charge on any atom is -0.330 e. The average Bonchev–Trinajstić information content (AvgIpc) is 3.34. The third-order valence-electron chi connectivity index (χ3n) is 6.11. The molecule has 0 N–H and O–H groups in total. The van der Waals surface area contributed by atoms with Gasteiger partial charge in [-0.25, -0.2) is 4.39 Å². The van der Waals surface area contributed by atoms with Crippen LogP contribution in [0.5, 0.6) is 0 Å². The number of nitrogens with zero attached hydrogens (tertiary/aromatic N) is 2. The number of carbonyl (C=O) groups is 2. The second-order valence-electron chi connectivity index (χ2n) is 8.45. The van der Waals surface area contributed by atoms with Gasteiger partial charge in [-0.3, -0.25) is 9.59 Å². The Morgan fingerprint density at radius 2 is 1.88 bits per heavy atom. The fourth-order valence-corrected chi connectivity index (χ4v) is 5.20. The summed E-state index contributed by atoms with van der Waals surface area (Å²) in [7, 11) is 0. The van der Waals surface area contributed by atoms with Crippen LogP contribution in [-0.4, -0.2) is 41.2 Å². The number of fused-ring (bicyclic) bond motifs is 1. The summed E-state index contributed by atoms with van der Waals surface area (Å²) in [6.07, 6.45) is 5.87. The van der Waals surface area contributed by atoms with Crippen LogP contribution < -0.4 is 0 Å². The minimum absolute atomic E-state index is 0.0229. The Morgan fingerprint density at radius 3 is 2.62 bits per heavy atom. The highest BCUT2D eigenvalue weighted by Gasteiger charge is 2.33. The van der Waals surface area contributed by atoms with E-state index in [1.165, 1.54) is 17.0 Å². The number of benzene rings is 2. The Morgan fingerprint density at radius 1 is 1.12 bits per heavy atom. The van der Waals surface area contributed by atoms with Crippen LogP contribution in [0.15, 0.2) is 72.1 Å². The molecule has 1 aromatic heterocycles. The SMILES string of the molecule is CCCCN(CC(=O)N1CCc2sccc2C1c1ccc(F)cc1)C(=O)C=Cc1ccccc1. The lowest BCUT2D eigenvalue weighted by Crippen LogP contribution is -2.46. The normalized spacial score (nSPS) is 15.4. The zero-order valence-electron chi connectivity index (χ0n) is 19.3. The standard InChI is InChI=1S/C28H29FN2O2S/c1-2-3-17-30(26(32)14-9-21-7-5-4-6-8-21)20-27(33)31-18-15-25-24(16-19-34-25)28(31)22-10-12-23(29)13-11-22/h4-14,16,19,28H,2-3,15,17-18,20H2,1H3. The van der Waals surface area contributed by atoms with E-state index in [-0.39, 0.29) is 30.2 Å². The highest BCUT2D eigenvalue weighted by atomic mass is 32.1. The van der Waals surface area contributed by atoms with Crippen molar-refractivity contribution >= 4 is 29.2 Å². The molecule has 1 unspecified atom stereocenters. The quantitative estimate of drug-likeness (QED) is 0.391. The molecule has 1 aliphatic heterocycles. The first kappa shape index (κ1) is 23.9. The summed E-state index contributed by atoms with van der Waals surface area (Å²) < 4.78 is 13.6. The summed E-state index contributed by atoms with van der Waals surface area (Å²) in [6, 6.07) is 17.8. The highest BCUT2D eigenvalue weighted by molar-refractivity contribution is 7.10. The van der Waals surface area contributed by atoms with E-state index in [1.807, 2.05) is 40.6 Å². The topological polar surface area (TPSA) is 40.6 Å². The largest absolute Gasteiger partial charge is 0.330 e. The summed E-state index contributed by atoms with van der Waals surface area (Å²) in [6.45, 7) is 3.19. The zero-order valence-corrected chi connectivity index (χ0v) is 20.1. The van der Waals surface area contributed by atoms with Crippen molar-refractivity contribution in [1.82, 2.24) is 9.80 Å². The molecule has 0 spiro atoms. The van der Waals surface area contributed by atoms with Crippen LogP contribution in [-0.2, 0) is 16.0 Å². The molecule has 1 aliphatic rings. The van der Waals surface area contributed by atoms with E-state index in [2.05, 4.69) is 13.0 Å². The van der Waals surface area contributed by atoms with Crippen LogP contribution in [0.2, 0.25) is 0 Å². The lowest BCUT2D eigenvalue weighted by atomic mass is 9.93. The van der Waals surface area contributed by atoms with Gasteiger partial charge in [0.1, 0.15) is 12.4 Å². The Kier molecular flexibility index (Phi) is 7.91. The zero-order chi connectivity index (χ0) is 23.9. The molecule has 4 rings (SSSR count). The first-order chi connectivity index (χ1) is 16.6. The molecule has 176 valence electrons. The number of amides is 2. The molecule has 0 saturated carbocycles. The molecule has 0 fully saturated rings. The van der Waals surface area contributed by atoms with E-state index in [0.717, 1.165) is 36.0 Å². The van der Waals surface area contributed by atoms with Gasteiger partial charge in [0.05, 0.1) is 6.04 Å². The van der Waals surface area contributed by atoms with Gasteiger partial charge in [0, 0.05) is 24.0 Å². The molecule has 2 aromatic carbocycles. The van der Waals surface area contributed by atoms with Gasteiger partial charge in [-0.2, -0.15) is 0 Å². The van der Waals surface area contributed by atoms with Crippen LogP contribution in [0, 0.1) is 5.82 Å². The lowest BCUT2D eigenvalue weighted by molar-refractivity contribution is -0.139. The maximum absolute atomic E-state index is 13.6. The van der Waals surface area contributed by atoms with E-state index in [9.17, 15) is 14.0 Å². The van der Waals surface area contributed by atoms with E-state index in [0.29, 0.717) is 13.1 Å². The summed E-state index contributed by atoms with van der Waals surface area (Å²) in [4.78, 5) is 31.3. The van der Waals surface area contributed by atoms with Crippen molar-refractivity contribution in [2.75, 3.05) is 19.6 Å². The molecule has 2 amide bonds. The van der Waals surface area contributed by atoms with Gasteiger partial charge in [-0.05, 0) is 59.2 Å². The average molecular weight is 477 g/mol. The van der Waals surface area contributed by atoms with Crippen molar-refractivity contribution in [3.8, 4) is 0 Å². The molecule has 1 atom stereocenters. The van der Waals surface area contributed by atoms with Crippen molar-refractivity contribution in [1.29, 1.82) is 0 Å². The minimum atomic E-state index is -0.301. The van der Waals surface area contributed by atoms with E-state index in [1.54, 1.807) is 40.5 Å². The number of unbranched alkanes of at least 4 members (excludes halogenated alkanes) is 1. The van der Waals surface area contributed by atoms with E-state index in [4.69, 9.17) is 0 Å². The summed E-state index contributed by atoms with van der Waals surface area (Å²) >= 11 is 1.69. The van der Waals surface area contributed by atoms with Gasteiger partial charge in [-0.15, -0.1) is 11.3 Å². The van der Waals surface area contributed by atoms with Crippen LogP contribution >= 0.6 is 11.3 Å². The molecule has 2 heterocycles. The van der Waals surface area contributed by atoms with Crippen LogP contribution in [0.25, 0.3) is 6.08 Å². The molecule has 6 heteroatoms. The van der Waals surface area contributed by atoms with Crippen molar-refractivity contribution in [3.05, 3.63) is 99.5 Å². The molecule has 0 aliphatic carbocycles. The number of hydrogen-bond acceptors (Lipinski definition) is 3. The van der Waals surface area contributed by atoms with Crippen molar-refractivity contribution in [2.45, 2.75) is 32.2 Å². The molecule has 34 heavy (non-hydrogen) atoms. The second-order valence-corrected chi connectivity index (χ2v) is 9.45. The Hall–Kier alpha value is -3.25. The monoisotopic (exact) mass is 476 g/mol. The van der Waals surface area contributed by atoms with E-state index >= 15 is 0 Å². The van der Waals surface area contributed by atoms with Gasteiger partial charge in [0.25, 0.3) is 0 Å². The molecule has 0 saturated heterocycles. The summed E-state index contributed by atoms with van der Waals surface area (Å²) in [5, 5.41) is 2.04. The maximum Gasteiger partial charge on any atom is 0.247 e. The highest BCUT2D eigenvalue weighted by Crippen LogP contribution is 2.37. The van der Waals surface area contributed by atoms with Gasteiger partial charge in [0.2, 0.25) is 11.8 Å². The maximum atomic E-state index is 13.6. The summed E-state index contributed by atoms with van der Waals surface area (Å²) in [5.41, 5.74) is 2.91. The predicted molar refractivity (Wildman–Crippen MR) is 135 cm³/mol. The number of thiophene rings is 1. The number of carbonyl (C=O) groups excluding carboxylic acids is 2. The second kappa shape index (κ2) is 11.3. The molecule has 0 bridgehead atoms. The van der Waals surface area contributed by atoms with Crippen LogP contribution in [0.3, 0.4) is 0 Å². The van der Waals surface area contributed by atoms with E-state index < -0.39 is 0 Å². The van der Waals surface area contributed by atoms with Gasteiger partial charge in [0.15, 0.2) is 0 Å². The fourth-order valence-electron chi connectivity index (χ4n) is 4.30. The Labute approximate surface area is 204 Å². The van der Waals surface area contributed by atoms with Crippen LogP contribution in [0.1, 0.15) is 47.4 Å². The first-order valence-electron chi connectivity index (χ1n) is 11.7. The molecule has 3 aromatic rings. The van der Waals surface area contributed by atoms with Crippen molar-refractivity contribution in [3.63, 3.8) is 0 Å². The van der Waals surface area contributed by atoms with Gasteiger partial charge < -0.3 is 9.80 Å². The number of rotatable bonds is 8. The lowest BCUT2D eigenvalue weighted by Gasteiger charge is -2.37. The van der Waals surface area contributed by atoms with Crippen molar-refractivity contribution < 1.29 is 14.0 Å². The molecule has 0 radical (unpaired) electrons. The molecular formula is C28H29FN2O2S. The van der Waals surface area contributed by atoms with Crippen molar-refractivity contribution in [2.24, 2.45) is 0 Å².